The molecule has 1 amide bonds. The van der Waals surface area contributed by atoms with Crippen molar-refractivity contribution in [2.45, 2.75) is 38.8 Å². The molecule has 7 heteroatoms. The molecule has 0 aliphatic rings. The minimum atomic E-state index is -1.15. The van der Waals surface area contributed by atoms with Crippen LogP contribution in [0.15, 0.2) is 22.7 Å². The lowest BCUT2D eigenvalue weighted by atomic mass is 10.0. The number of ether oxygens (including phenoxy) is 1. The van der Waals surface area contributed by atoms with Crippen LogP contribution in [0, 0.1) is 5.82 Å². The van der Waals surface area contributed by atoms with Gasteiger partial charge in [0.15, 0.2) is 0 Å². The van der Waals surface area contributed by atoms with Crippen LogP contribution in [0.1, 0.15) is 38.8 Å². The number of carboxylic acid groups (broad SMARTS) is 1. The number of nitrogens with one attached hydrogen (secondary N) is 1. The fourth-order valence-corrected chi connectivity index (χ4v) is 1.98. The smallest absolute Gasteiger partial charge is 0.408 e. The highest BCUT2D eigenvalue weighted by molar-refractivity contribution is 9.10. The summed E-state index contributed by atoms with van der Waals surface area (Å²) in [5.41, 5.74) is -0.637. The van der Waals surface area contributed by atoms with Crippen molar-refractivity contribution >= 4 is 28.0 Å². The predicted octanol–water partition coefficient (Wildman–Crippen LogP) is 3.63. The molecule has 0 spiro atoms. The van der Waals surface area contributed by atoms with E-state index in [9.17, 15) is 14.0 Å². The maximum atomic E-state index is 13.9. The Bertz CT molecular complexity index is 542. The lowest BCUT2D eigenvalue weighted by Gasteiger charge is -2.23. The van der Waals surface area contributed by atoms with E-state index in [1.807, 2.05) is 0 Å². The van der Waals surface area contributed by atoms with E-state index in [4.69, 9.17) is 9.84 Å². The summed E-state index contributed by atoms with van der Waals surface area (Å²) < 4.78 is 19.5. The van der Waals surface area contributed by atoms with Gasteiger partial charge < -0.3 is 15.2 Å². The Hall–Kier alpha value is -1.63. The molecule has 0 radical (unpaired) electrons. The molecule has 0 aliphatic heterocycles. The SMILES string of the molecule is CC(C)(C)OC(=O)NC(CC(=O)O)c1ccc(Br)cc1F. The molecule has 1 unspecified atom stereocenters. The van der Waals surface area contributed by atoms with Crippen molar-refractivity contribution in [1.29, 1.82) is 0 Å². The minimum Gasteiger partial charge on any atom is -0.481 e. The average molecular weight is 362 g/mol. The molecule has 0 saturated carbocycles. The first kappa shape index (κ1) is 17.4. The molecule has 0 aromatic heterocycles. The van der Waals surface area contributed by atoms with Crippen molar-refractivity contribution in [3.05, 3.63) is 34.1 Å². The van der Waals surface area contributed by atoms with Gasteiger partial charge >= 0.3 is 12.1 Å². The fraction of sp³-hybridized carbons (Fsp3) is 0.429. The third-order valence-corrected chi connectivity index (χ3v) is 2.90. The number of benzene rings is 1. The van der Waals surface area contributed by atoms with E-state index in [0.717, 1.165) is 0 Å². The molecule has 1 atom stereocenters. The lowest BCUT2D eigenvalue weighted by Crippen LogP contribution is -2.36. The molecule has 0 heterocycles. The monoisotopic (exact) mass is 361 g/mol. The summed E-state index contributed by atoms with van der Waals surface area (Å²) in [4.78, 5) is 22.6. The maximum Gasteiger partial charge on any atom is 0.408 e. The quantitative estimate of drug-likeness (QED) is 0.858. The van der Waals surface area contributed by atoms with E-state index in [1.165, 1.54) is 12.1 Å². The van der Waals surface area contributed by atoms with Crippen LogP contribution in [0.4, 0.5) is 9.18 Å². The first-order chi connectivity index (χ1) is 9.58. The van der Waals surface area contributed by atoms with Gasteiger partial charge in [0.05, 0.1) is 12.5 Å². The van der Waals surface area contributed by atoms with Crippen LogP contribution in [0.2, 0.25) is 0 Å². The highest BCUT2D eigenvalue weighted by Gasteiger charge is 2.24. The van der Waals surface area contributed by atoms with Crippen LogP contribution in [-0.4, -0.2) is 22.8 Å². The minimum absolute atomic E-state index is 0.0893. The predicted molar refractivity (Wildman–Crippen MR) is 78.5 cm³/mol. The lowest BCUT2D eigenvalue weighted by molar-refractivity contribution is -0.137. The molecule has 1 rings (SSSR count). The van der Waals surface area contributed by atoms with Crippen LogP contribution in [0.25, 0.3) is 0 Å². The number of carbonyl (C=O) groups is 2. The van der Waals surface area contributed by atoms with Gasteiger partial charge in [-0.05, 0) is 32.9 Å². The summed E-state index contributed by atoms with van der Waals surface area (Å²) in [7, 11) is 0. The highest BCUT2D eigenvalue weighted by Crippen LogP contribution is 2.24. The molecule has 5 nitrogen and oxygen atoms in total. The van der Waals surface area contributed by atoms with E-state index in [1.54, 1.807) is 26.8 Å². The molecule has 0 bridgehead atoms. The van der Waals surface area contributed by atoms with E-state index in [0.29, 0.717) is 4.47 Å². The van der Waals surface area contributed by atoms with Crippen molar-refractivity contribution in [2.75, 3.05) is 0 Å². The molecule has 21 heavy (non-hydrogen) atoms. The summed E-state index contributed by atoms with van der Waals surface area (Å²) in [5, 5.41) is 11.3. The van der Waals surface area contributed by atoms with Crippen molar-refractivity contribution in [1.82, 2.24) is 5.32 Å². The number of halogens is 2. The first-order valence-electron chi connectivity index (χ1n) is 6.25. The number of hydrogen-bond acceptors (Lipinski definition) is 3. The topological polar surface area (TPSA) is 75.6 Å². The molecular formula is C14H17BrFNO4. The molecule has 1 aromatic carbocycles. The van der Waals surface area contributed by atoms with Gasteiger partial charge in [0.2, 0.25) is 0 Å². The van der Waals surface area contributed by atoms with Crippen molar-refractivity contribution in [3.63, 3.8) is 0 Å². The standard InChI is InChI=1S/C14H17BrFNO4/c1-14(2,3)21-13(20)17-11(7-12(18)19)9-5-4-8(15)6-10(9)16/h4-6,11H,7H2,1-3H3,(H,17,20)(H,18,19). The Labute approximate surface area is 130 Å². The second-order valence-electron chi connectivity index (χ2n) is 5.46. The third-order valence-electron chi connectivity index (χ3n) is 2.41. The zero-order chi connectivity index (χ0) is 16.2. The van der Waals surface area contributed by atoms with Gasteiger partial charge in [-0.25, -0.2) is 9.18 Å². The Balaban J connectivity index is 2.95. The second-order valence-corrected chi connectivity index (χ2v) is 6.38. The average Bonchev–Trinajstić information content (AvgIpc) is 2.24. The number of hydrogen-bond donors (Lipinski definition) is 2. The summed E-state index contributed by atoms with van der Waals surface area (Å²) in [6, 6.07) is 3.19. The van der Waals surface area contributed by atoms with E-state index in [2.05, 4.69) is 21.2 Å². The number of carboxylic acids is 1. The second kappa shape index (κ2) is 6.89. The van der Waals surface area contributed by atoms with Crippen LogP contribution >= 0.6 is 15.9 Å². The van der Waals surface area contributed by atoms with Gasteiger partial charge in [-0.2, -0.15) is 0 Å². The van der Waals surface area contributed by atoms with Gasteiger partial charge in [-0.3, -0.25) is 4.79 Å². The van der Waals surface area contributed by atoms with Crippen LogP contribution in [-0.2, 0) is 9.53 Å². The molecule has 1 aromatic rings. The summed E-state index contributed by atoms with van der Waals surface area (Å²) >= 11 is 3.12. The summed E-state index contributed by atoms with van der Waals surface area (Å²) in [5.74, 6) is -1.76. The number of carbonyl (C=O) groups excluding carboxylic acids is 1. The zero-order valence-electron chi connectivity index (χ0n) is 11.9. The van der Waals surface area contributed by atoms with Gasteiger partial charge in [0.25, 0.3) is 0 Å². The molecule has 116 valence electrons. The molecule has 0 fully saturated rings. The van der Waals surface area contributed by atoms with E-state index in [-0.39, 0.29) is 5.56 Å². The molecule has 0 aliphatic carbocycles. The van der Waals surface area contributed by atoms with Crippen LogP contribution < -0.4 is 5.32 Å². The molecule has 2 N–H and O–H groups in total. The zero-order valence-corrected chi connectivity index (χ0v) is 13.5. The van der Waals surface area contributed by atoms with E-state index < -0.39 is 35.9 Å². The van der Waals surface area contributed by atoms with Gasteiger partial charge in [0, 0.05) is 10.0 Å². The fourth-order valence-electron chi connectivity index (χ4n) is 1.65. The van der Waals surface area contributed by atoms with Crippen LogP contribution in [0.3, 0.4) is 0 Å². The highest BCUT2D eigenvalue weighted by atomic mass is 79.9. The van der Waals surface area contributed by atoms with E-state index >= 15 is 0 Å². The first-order valence-corrected chi connectivity index (χ1v) is 7.04. The number of aliphatic carboxylic acids is 1. The molecular weight excluding hydrogens is 345 g/mol. The Morgan fingerprint density at radius 2 is 2.05 bits per heavy atom. The Morgan fingerprint density at radius 1 is 1.43 bits per heavy atom. The molecule has 0 saturated heterocycles. The largest absolute Gasteiger partial charge is 0.481 e. The van der Waals surface area contributed by atoms with Crippen molar-refractivity contribution in [3.8, 4) is 0 Å². The van der Waals surface area contributed by atoms with Gasteiger partial charge in [-0.15, -0.1) is 0 Å². The van der Waals surface area contributed by atoms with Crippen LogP contribution in [0.5, 0.6) is 0 Å². The Kier molecular flexibility index (Phi) is 5.71. The summed E-state index contributed by atoms with van der Waals surface area (Å²) in [6.45, 7) is 5.04. The normalized spacial score (nSPS) is 12.6. The van der Waals surface area contributed by atoms with Gasteiger partial charge in [0.1, 0.15) is 11.4 Å². The van der Waals surface area contributed by atoms with Gasteiger partial charge in [-0.1, -0.05) is 22.0 Å². The third kappa shape index (κ3) is 6.12. The van der Waals surface area contributed by atoms with Crippen molar-refractivity contribution in [2.24, 2.45) is 0 Å². The number of rotatable bonds is 4. The Morgan fingerprint density at radius 3 is 2.52 bits per heavy atom. The maximum absolute atomic E-state index is 13.9. The summed E-state index contributed by atoms with van der Waals surface area (Å²) in [6.07, 6.45) is -1.24. The number of amides is 1. The number of alkyl carbamates (subject to hydrolysis) is 1. The van der Waals surface area contributed by atoms with Crippen molar-refractivity contribution < 1.29 is 23.8 Å².